The van der Waals surface area contributed by atoms with Gasteiger partial charge in [-0.05, 0) is 12.8 Å². The highest BCUT2D eigenvalue weighted by atomic mass is 19.3. The summed E-state index contributed by atoms with van der Waals surface area (Å²) in [5.74, 6) is 0.384. The van der Waals surface area contributed by atoms with E-state index in [1.54, 1.807) is 0 Å². The molecule has 0 saturated heterocycles. The fraction of sp³-hybridized carbons (Fsp3) is 1.00. The molecular formula is C8H17F2NO. The topological polar surface area (TPSA) is 32.3 Å². The van der Waals surface area contributed by atoms with E-state index in [2.05, 4.69) is 5.32 Å². The Morgan fingerprint density at radius 3 is 2.08 bits per heavy atom. The van der Waals surface area contributed by atoms with E-state index in [9.17, 15) is 8.78 Å². The minimum absolute atomic E-state index is 0.0446. The summed E-state index contributed by atoms with van der Waals surface area (Å²) in [5, 5.41) is 11.6. The summed E-state index contributed by atoms with van der Waals surface area (Å²) in [7, 11) is 0. The van der Waals surface area contributed by atoms with E-state index in [4.69, 9.17) is 5.11 Å². The Morgan fingerprint density at radius 2 is 1.75 bits per heavy atom. The highest BCUT2D eigenvalue weighted by molar-refractivity contribution is 4.68. The van der Waals surface area contributed by atoms with Crippen LogP contribution in [0.25, 0.3) is 0 Å². The van der Waals surface area contributed by atoms with Crippen molar-refractivity contribution in [1.29, 1.82) is 0 Å². The maximum Gasteiger partial charge on any atom is 0.265 e. The summed E-state index contributed by atoms with van der Waals surface area (Å²) in [5.41, 5.74) is 0. The summed E-state index contributed by atoms with van der Waals surface area (Å²) >= 11 is 0. The molecule has 2 nitrogen and oxygen atoms in total. The predicted octanol–water partition coefficient (Wildman–Crippen LogP) is 1.25. The lowest BCUT2D eigenvalue weighted by Gasteiger charge is -2.19. The van der Waals surface area contributed by atoms with E-state index < -0.39 is 12.5 Å². The van der Waals surface area contributed by atoms with Gasteiger partial charge in [-0.1, -0.05) is 13.8 Å². The molecule has 0 aromatic rings. The van der Waals surface area contributed by atoms with Gasteiger partial charge in [0.25, 0.3) is 6.43 Å². The number of halogens is 2. The van der Waals surface area contributed by atoms with Crippen molar-refractivity contribution in [3.8, 4) is 0 Å². The number of rotatable bonds is 5. The maximum absolute atomic E-state index is 11.8. The van der Waals surface area contributed by atoms with E-state index in [0.29, 0.717) is 5.92 Å². The Morgan fingerprint density at radius 1 is 1.25 bits per heavy atom. The number of aliphatic hydroxyl groups is 1. The van der Waals surface area contributed by atoms with E-state index >= 15 is 0 Å². The Bertz CT molecular complexity index is 106. The Kier molecular flexibility index (Phi) is 5.33. The SMILES string of the molecule is CC(C)C(C)NCC(O)C(F)F. The van der Waals surface area contributed by atoms with Crippen molar-refractivity contribution in [2.75, 3.05) is 6.54 Å². The highest BCUT2D eigenvalue weighted by Gasteiger charge is 2.17. The first-order valence-corrected chi connectivity index (χ1v) is 4.14. The largest absolute Gasteiger partial charge is 0.386 e. The molecule has 0 aliphatic carbocycles. The van der Waals surface area contributed by atoms with Gasteiger partial charge in [-0.2, -0.15) is 0 Å². The molecule has 0 fully saturated rings. The first-order chi connectivity index (χ1) is 5.45. The fourth-order valence-corrected chi connectivity index (χ4v) is 0.631. The summed E-state index contributed by atoms with van der Waals surface area (Å²) in [6.07, 6.45) is -4.21. The van der Waals surface area contributed by atoms with Gasteiger partial charge in [0.05, 0.1) is 0 Å². The Hall–Kier alpha value is -0.220. The zero-order valence-electron chi connectivity index (χ0n) is 7.72. The van der Waals surface area contributed by atoms with E-state index in [0.717, 1.165) is 0 Å². The second-order valence-corrected chi connectivity index (χ2v) is 3.34. The van der Waals surface area contributed by atoms with Gasteiger partial charge in [0, 0.05) is 12.6 Å². The number of hydrogen-bond acceptors (Lipinski definition) is 2. The molecule has 0 bridgehead atoms. The molecule has 0 saturated carbocycles. The lowest BCUT2D eigenvalue weighted by atomic mass is 10.1. The van der Waals surface area contributed by atoms with Gasteiger partial charge < -0.3 is 10.4 Å². The molecule has 0 aliphatic heterocycles. The van der Waals surface area contributed by atoms with Crippen molar-refractivity contribution in [3.05, 3.63) is 0 Å². The van der Waals surface area contributed by atoms with Crippen molar-refractivity contribution >= 4 is 0 Å². The first kappa shape index (κ1) is 11.8. The highest BCUT2D eigenvalue weighted by Crippen LogP contribution is 2.02. The normalized spacial score (nSPS) is 17.0. The predicted molar refractivity (Wildman–Crippen MR) is 44.3 cm³/mol. The van der Waals surface area contributed by atoms with Crippen LogP contribution in [-0.4, -0.2) is 30.2 Å². The van der Waals surface area contributed by atoms with Crippen LogP contribution in [0.5, 0.6) is 0 Å². The molecular weight excluding hydrogens is 164 g/mol. The maximum atomic E-state index is 11.8. The lowest BCUT2D eigenvalue weighted by Crippen LogP contribution is -2.39. The average molecular weight is 181 g/mol. The van der Waals surface area contributed by atoms with Crippen molar-refractivity contribution in [1.82, 2.24) is 5.32 Å². The lowest BCUT2D eigenvalue weighted by molar-refractivity contribution is -0.00500. The van der Waals surface area contributed by atoms with Crippen molar-refractivity contribution < 1.29 is 13.9 Å². The van der Waals surface area contributed by atoms with E-state index in [1.807, 2.05) is 20.8 Å². The van der Waals surface area contributed by atoms with Crippen molar-refractivity contribution in [3.63, 3.8) is 0 Å². The van der Waals surface area contributed by atoms with Crippen LogP contribution >= 0.6 is 0 Å². The molecule has 0 spiro atoms. The van der Waals surface area contributed by atoms with Gasteiger partial charge in [-0.25, -0.2) is 8.78 Å². The molecule has 4 heteroatoms. The number of aliphatic hydroxyl groups excluding tert-OH is 1. The fourth-order valence-electron chi connectivity index (χ4n) is 0.631. The van der Waals surface area contributed by atoms with Crippen molar-refractivity contribution in [2.45, 2.75) is 39.3 Å². The Labute approximate surface area is 72.0 Å². The molecule has 0 aliphatic rings. The molecule has 74 valence electrons. The summed E-state index contributed by atoms with van der Waals surface area (Å²) in [6, 6.07) is 0.151. The molecule has 0 aromatic heterocycles. The van der Waals surface area contributed by atoms with Crippen molar-refractivity contribution in [2.24, 2.45) is 5.92 Å². The summed E-state index contributed by atoms with van der Waals surface area (Å²) in [4.78, 5) is 0. The molecule has 2 N–H and O–H groups in total. The van der Waals surface area contributed by atoms with Gasteiger partial charge in [0.2, 0.25) is 0 Å². The van der Waals surface area contributed by atoms with Crippen LogP contribution in [0.15, 0.2) is 0 Å². The molecule has 2 unspecified atom stereocenters. The van der Waals surface area contributed by atoms with Crippen LogP contribution in [0.2, 0.25) is 0 Å². The second kappa shape index (κ2) is 5.43. The van der Waals surface area contributed by atoms with Gasteiger partial charge >= 0.3 is 0 Å². The van der Waals surface area contributed by atoms with Gasteiger partial charge in [-0.15, -0.1) is 0 Å². The minimum atomic E-state index is -2.66. The molecule has 0 heterocycles. The van der Waals surface area contributed by atoms with E-state index in [-0.39, 0.29) is 12.6 Å². The minimum Gasteiger partial charge on any atom is -0.386 e. The number of hydrogen-bond donors (Lipinski definition) is 2. The Balaban J connectivity index is 3.54. The van der Waals surface area contributed by atoms with Gasteiger partial charge in [0.1, 0.15) is 6.10 Å². The number of alkyl halides is 2. The summed E-state index contributed by atoms with van der Waals surface area (Å²) < 4.78 is 23.6. The van der Waals surface area contributed by atoms with Crippen LogP contribution in [-0.2, 0) is 0 Å². The van der Waals surface area contributed by atoms with Crippen LogP contribution in [0.3, 0.4) is 0 Å². The average Bonchev–Trinajstić information content (AvgIpc) is 1.98. The molecule has 12 heavy (non-hydrogen) atoms. The summed E-state index contributed by atoms with van der Waals surface area (Å²) in [6.45, 7) is 5.85. The number of nitrogens with one attached hydrogen (secondary N) is 1. The molecule has 0 amide bonds. The van der Waals surface area contributed by atoms with Gasteiger partial charge in [0.15, 0.2) is 0 Å². The zero-order valence-corrected chi connectivity index (χ0v) is 7.72. The monoisotopic (exact) mass is 181 g/mol. The molecule has 2 atom stereocenters. The zero-order chi connectivity index (χ0) is 9.72. The third-order valence-corrected chi connectivity index (χ3v) is 1.94. The molecule has 0 aromatic carbocycles. The quantitative estimate of drug-likeness (QED) is 0.669. The standard InChI is InChI=1S/C8H17F2NO/c1-5(2)6(3)11-4-7(12)8(9)10/h5-8,11-12H,4H2,1-3H3. The third-order valence-electron chi connectivity index (χ3n) is 1.94. The van der Waals surface area contributed by atoms with Crippen LogP contribution < -0.4 is 5.32 Å². The van der Waals surface area contributed by atoms with Crippen LogP contribution in [0.4, 0.5) is 8.78 Å². The van der Waals surface area contributed by atoms with Crippen LogP contribution in [0, 0.1) is 5.92 Å². The molecule has 0 radical (unpaired) electrons. The van der Waals surface area contributed by atoms with E-state index in [1.165, 1.54) is 0 Å². The van der Waals surface area contributed by atoms with Crippen LogP contribution in [0.1, 0.15) is 20.8 Å². The third kappa shape index (κ3) is 4.62. The first-order valence-electron chi connectivity index (χ1n) is 4.14. The molecule has 0 rings (SSSR count). The smallest absolute Gasteiger partial charge is 0.265 e. The second-order valence-electron chi connectivity index (χ2n) is 3.34. The van der Waals surface area contributed by atoms with Gasteiger partial charge in [-0.3, -0.25) is 0 Å².